The SMILES string of the molecule is O=C(CCC(=O)N1CCN(c2cccc[nH+]2)CC1)NCc1ccc2c(c1)OCO2. The number of piperazine rings is 1. The molecule has 0 bridgehead atoms. The quantitative estimate of drug-likeness (QED) is 0.785. The van der Waals surface area contributed by atoms with Crippen molar-refractivity contribution < 1.29 is 24.0 Å². The molecule has 29 heavy (non-hydrogen) atoms. The lowest BCUT2D eigenvalue weighted by atomic mass is 10.2. The Morgan fingerprint density at radius 3 is 2.62 bits per heavy atom. The molecule has 1 aromatic heterocycles. The summed E-state index contributed by atoms with van der Waals surface area (Å²) < 4.78 is 10.6. The van der Waals surface area contributed by atoms with E-state index in [1.807, 2.05) is 47.5 Å². The number of nitrogens with zero attached hydrogens (tertiary/aromatic N) is 2. The van der Waals surface area contributed by atoms with Crippen LogP contribution in [0.5, 0.6) is 11.5 Å². The van der Waals surface area contributed by atoms with E-state index in [2.05, 4.69) is 15.2 Å². The predicted octanol–water partition coefficient (Wildman–Crippen LogP) is 0.975. The van der Waals surface area contributed by atoms with Gasteiger partial charge in [-0.3, -0.25) is 14.5 Å². The maximum Gasteiger partial charge on any atom is 0.274 e. The van der Waals surface area contributed by atoms with E-state index in [1.165, 1.54) is 0 Å². The van der Waals surface area contributed by atoms with Gasteiger partial charge in [0.2, 0.25) is 18.6 Å². The van der Waals surface area contributed by atoms with Gasteiger partial charge in [-0.1, -0.05) is 12.1 Å². The van der Waals surface area contributed by atoms with E-state index in [-0.39, 0.29) is 31.4 Å². The molecule has 2 aliphatic heterocycles. The van der Waals surface area contributed by atoms with Gasteiger partial charge in [-0.05, 0) is 23.8 Å². The van der Waals surface area contributed by atoms with Crippen molar-refractivity contribution in [3.8, 4) is 11.5 Å². The molecule has 0 atom stereocenters. The van der Waals surface area contributed by atoms with E-state index in [0.717, 1.165) is 30.2 Å². The van der Waals surface area contributed by atoms with E-state index in [0.29, 0.717) is 25.4 Å². The van der Waals surface area contributed by atoms with E-state index in [4.69, 9.17) is 9.47 Å². The number of rotatable bonds is 6. The summed E-state index contributed by atoms with van der Waals surface area (Å²) in [5.74, 6) is 2.37. The van der Waals surface area contributed by atoms with Crippen molar-refractivity contribution in [2.24, 2.45) is 0 Å². The molecule has 152 valence electrons. The minimum atomic E-state index is -0.131. The van der Waals surface area contributed by atoms with Gasteiger partial charge in [0.05, 0.1) is 19.3 Å². The zero-order chi connectivity index (χ0) is 20.1. The molecule has 0 aliphatic carbocycles. The monoisotopic (exact) mass is 397 g/mol. The second kappa shape index (κ2) is 8.81. The number of amides is 2. The van der Waals surface area contributed by atoms with Crippen LogP contribution in [0.2, 0.25) is 0 Å². The highest BCUT2D eigenvalue weighted by atomic mass is 16.7. The molecule has 3 heterocycles. The van der Waals surface area contributed by atoms with Crippen molar-refractivity contribution in [3.05, 3.63) is 48.2 Å². The van der Waals surface area contributed by atoms with Crippen molar-refractivity contribution in [3.63, 3.8) is 0 Å². The molecule has 2 N–H and O–H groups in total. The van der Waals surface area contributed by atoms with Crippen LogP contribution >= 0.6 is 0 Å². The Morgan fingerprint density at radius 2 is 1.83 bits per heavy atom. The van der Waals surface area contributed by atoms with Gasteiger partial charge in [0.25, 0.3) is 5.82 Å². The third kappa shape index (κ3) is 4.77. The maximum atomic E-state index is 12.4. The number of aromatic amines is 1. The van der Waals surface area contributed by atoms with Crippen LogP contribution in [0.25, 0.3) is 0 Å². The summed E-state index contributed by atoms with van der Waals surface area (Å²) in [6.45, 7) is 3.52. The van der Waals surface area contributed by atoms with Gasteiger partial charge in [-0.2, -0.15) is 0 Å². The van der Waals surface area contributed by atoms with Crippen LogP contribution in [0.1, 0.15) is 18.4 Å². The molecule has 8 nitrogen and oxygen atoms in total. The summed E-state index contributed by atoms with van der Waals surface area (Å²) in [7, 11) is 0. The zero-order valence-electron chi connectivity index (χ0n) is 16.2. The first kappa shape index (κ1) is 19.0. The van der Waals surface area contributed by atoms with Gasteiger partial charge in [-0.15, -0.1) is 0 Å². The number of carbonyl (C=O) groups is 2. The largest absolute Gasteiger partial charge is 0.454 e. The molecule has 4 rings (SSSR count). The van der Waals surface area contributed by atoms with Crippen LogP contribution in [-0.2, 0) is 16.1 Å². The van der Waals surface area contributed by atoms with Gasteiger partial charge < -0.3 is 19.7 Å². The first-order valence-corrected chi connectivity index (χ1v) is 9.84. The normalized spacial score (nSPS) is 15.3. The second-order valence-electron chi connectivity index (χ2n) is 7.08. The fourth-order valence-electron chi connectivity index (χ4n) is 3.50. The van der Waals surface area contributed by atoms with Gasteiger partial charge in [0.15, 0.2) is 11.5 Å². The first-order chi connectivity index (χ1) is 14.2. The number of H-pyrrole nitrogens is 1. The number of nitrogens with one attached hydrogen (secondary N) is 2. The number of hydrogen-bond acceptors (Lipinski definition) is 5. The summed E-state index contributed by atoms with van der Waals surface area (Å²) in [4.78, 5) is 31.8. The van der Waals surface area contributed by atoms with Crippen LogP contribution in [0.3, 0.4) is 0 Å². The maximum absolute atomic E-state index is 12.4. The number of fused-ring (bicyclic) bond motifs is 1. The lowest BCUT2D eigenvalue weighted by Gasteiger charge is -2.31. The molecule has 1 saturated heterocycles. The third-order valence-corrected chi connectivity index (χ3v) is 5.16. The molecule has 0 unspecified atom stereocenters. The van der Waals surface area contributed by atoms with Crippen molar-refractivity contribution >= 4 is 17.6 Å². The Morgan fingerprint density at radius 1 is 1.00 bits per heavy atom. The first-order valence-electron chi connectivity index (χ1n) is 9.84. The lowest BCUT2D eigenvalue weighted by molar-refractivity contribution is -0.364. The van der Waals surface area contributed by atoms with Crippen LogP contribution in [0.15, 0.2) is 42.6 Å². The minimum Gasteiger partial charge on any atom is -0.454 e. The van der Waals surface area contributed by atoms with Crippen molar-refractivity contribution in [1.82, 2.24) is 10.2 Å². The van der Waals surface area contributed by atoms with Crippen LogP contribution in [0.4, 0.5) is 5.82 Å². The fraction of sp³-hybridized carbons (Fsp3) is 0.381. The Labute approximate surface area is 169 Å². The van der Waals surface area contributed by atoms with E-state index >= 15 is 0 Å². The topological polar surface area (TPSA) is 85.3 Å². The molecule has 1 fully saturated rings. The van der Waals surface area contributed by atoms with Crippen molar-refractivity contribution in [2.45, 2.75) is 19.4 Å². The number of hydrogen-bond donors (Lipinski definition) is 1. The van der Waals surface area contributed by atoms with Gasteiger partial charge in [0.1, 0.15) is 13.1 Å². The molecule has 0 radical (unpaired) electrons. The van der Waals surface area contributed by atoms with Gasteiger partial charge in [0, 0.05) is 25.5 Å². The second-order valence-corrected chi connectivity index (χ2v) is 7.08. The highest BCUT2D eigenvalue weighted by molar-refractivity contribution is 5.83. The summed E-state index contributed by atoms with van der Waals surface area (Å²) in [6, 6.07) is 11.6. The molecule has 2 amide bonds. The molecule has 8 heteroatoms. The number of ether oxygens (including phenoxy) is 2. The van der Waals surface area contributed by atoms with Crippen LogP contribution in [0, 0.1) is 0 Å². The average Bonchev–Trinajstić information content (AvgIpc) is 3.24. The van der Waals surface area contributed by atoms with Gasteiger partial charge in [-0.25, -0.2) is 4.98 Å². The Hall–Kier alpha value is -3.29. The van der Waals surface area contributed by atoms with Gasteiger partial charge >= 0.3 is 0 Å². The summed E-state index contributed by atoms with van der Waals surface area (Å²) in [5.41, 5.74) is 0.933. The number of benzene rings is 1. The van der Waals surface area contributed by atoms with Crippen LogP contribution < -0.4 is 24.7 Å². The summed E-state index contributed by atoms with van der Waals surface area (Å²) in [6.07, 6.45) is 2.32. The average molecular weight is 397 g/mol. The smallest absolute Gasteiger partial charge is 0.274 e. The molecular weight excluding hydrogens is 372 g/mol. The van der Waals surface area contributed by atoms with E-state index < -0.39 is 0 Å². The number of aromatic nitrogens is 1. The van der Waals surface area contributed by atoms with E-state index in [1.54, 1.807) is 0 Å². The Balaban J connectivity index is 1.17. The number of pyridine rings is 1. The Kier molecular flexibility index (Phi) is 5.79. The molecule has 0 spiro atoms. The highest BCUT2D eigenvalue weighted by Gasteiger charge is 2.26. The molecule has 1 aromatic carbocycles. The van der Waals surface area contributed by atoms with Crippen molar-refractivity contribution in [2.75, 3.05) is 37.9 Å². The number of carbonyl (C=O) groups excluding carboxylic acids is 2. The third-order valence-electron chi connectivity index (χ3n) is 5.16. The standard InChI is InChI=1S/C21H24N4O4/c26-20(23-14-16-4-5-17-18(13-16)29-15-28-17)6-7-21(27)25-11-9-24(10-12-25)19-3-1-2-8-22-19/h1-5,8,13H,6-7,9-12,14-15H2,(H,23,26)/p+1. The summed E-state index contributed by atoms with van der Waals surface area (Å²) >= 11 is 0. The Bertz CT molecular complexity index is 866. The lowest BCUT2D eigenvalue weighted by Crippen LogP contribution is -2.50. The summed E-state index contributed by atoms with van der Waals surface area (Å²) in [5, 5.41) is 2.86. The highest BCUT2D eigenvalue weighted by Crippen LogP contribution is 2.32. The zero-order valence-corrected chi connectivity index (χ0v) is 16.2. The van der Waals surface area contributed by atoms with Crippen LogP contribution in [-0.4, -0.2) is 49.7 Å². The molecular formula is C21H25N4O4+. The number of anilines is 1. The molecule has 2 aliphatic rings. The predicted molar refractivity (Wildman–Crippen MR) is 105 cm³/mol. The fourth-order valence-corrected chi connectivity index (χ4v) is 3.50. The minimum absolute atomic E-state index is 0.0277. The molecule has 0 saturated carbocycles. The van der Waals surface area contributed by atoms with Crippen molar-refractivity contribution in [1.29, 1.82) is 0 Å². The molecule has 2 aromatic rings. The van der Waals surface area contributed by atoms with E-state index in [9.17, 15) is 9.59 Å².